The van der Waals surface area contributed by atoms with Gasteiger partial charge in [-0.15, -0.1) is 0 Å². The van der Waals surface area contributed by atoms with Crippen LogP contribution in [0.4, 0.5) is 0 Å². The van der Waals surface area contributed by atoms with Crippen LogP contribution in [-0.2, 0) is 0 Å². The molecule has 0 aliphatic rings. The van der Waals surface area contributed by atoms with E-state index in [9.17, 15) is 0 Å². The molecule has 88 valence electrons. The summed E-state index contributed by atoms with van der Waals surface area (Å²) in [5.74, 6) is 0.755. The van der Waals surface area contributed by atoms with Gasteiger partial charge >= 0.3 is 0 Å². The molecule has 4 aromatic rings. The van der Waals surface area contributed by atoms with Crippen LogP contribution in [0.25, 0.3) is 27.8 Å². The smallest absolute Gasteiger partial charge is 0.236 e. The van der Waals surface area contributed by atoms with E-state index in [0.717, 1.165) is 27.8 Å². The molecule has 0 radical (unpaired) electrons. The second-order valence-corrected chi connectivity index (χ2v) is 4.64. The van der Waals surface area contributed by atoms with Gasteiger partial charge in [0, 0.05) is 22.8 Å². The Labute approximate surface area is 103 Å². The quantitative estimate of drug-likeness (QED) is 0.510. The Morgan fingerprint density at radius 2 is 2.00 bits per heavy atom. The van der Waals surface area contributed by atoms with Crippen LogP contribution in [0, 0.1) is 13.8 Å². The molecule has 0 aliphatic heterocycles. The first kappa shape index (κ1) is 9.65. The van der Waals surface area contributed by atoms with Gasteiger partial charge in [-0.2, -0.15) is 0 Å². The molecule has 0 fully saturated rings. The topological polar surface area (TPSA) is 46.0 Å². The Morgan fingerprint density at radius 3 is 2.89 bits per heavy atom. The van der Waals surface area contributed by atoms with Crippen molar-refractivity contribution in [1.29, 1.82) is 0 Å². The minimum atomic E-state index is 0.755. The van der Waals surface area contributed by atoms with Gasteiger partial charge in [-0.3, -0.25) is 4.40 Å². The van der Waals surface area contributed by atoms with Gasteiger partial charge in [0.1, 0.15) is 11.2 Å². The first-order valence-electron chi connectivity index (χ1n) is 5.97. The Balaban J connectivity index is 2.33. The lowest BCUT2D eigenvalue weighted by Gasteiger charge is -2.02. The van der Waals surface area contributed by atoms with Crippen LogP contribution in [0.3, 0.4) is 0 Å². The van der Waals surface area contributed by atoms with E-state index in [1.54, 1.807) is 0 Å². The highest BCUT2D eigenvalue weighted by atomic mass is 15.1. The Kier molecular flexibility index (Phi) is 1.66. The zero-order valence-electron chi connectivity index (χ0n) is 10.2. The van der Waals surface area contributed by atoms with Gasteiger partial charge < -0.3 is 4.98 Å². The summed E-state index contributed by atoms with van der Waals surface area (Å²) in [6, 6.07) is 8.22. The zero-order chi connectivity index (χ0) is 12.3. The fourth-order valence-electron chi connectivity index (χ4n) is 2.47. The average molecular weight is 236 g/mol. The number of nitrogens with zero attached hydrogens (tertiary/aromatic N) is 3. The van der Waals surface area contributed by atoms with Gasteiger partial charge in [0.2, 0.25) is 5.78 Å². The maximum atomic E-state index is 4.63. The van der Waals surface area contributed by atoms with Crippen LogP contribution in [0.15, 0.2) is 30.5 Å². The molecule has 4 nitrogen and oxygen atoms in total. The van der Waals surface area contributed by atoms with Crippen molar-refractivity contribution in [3.8, 4) is 0 Å². The molecule has 1 N–H and O–H groups in total. The highest BCUT2D eigenvalue weighted by Crippen LogP contribution is 2.26. The second kappa shape index (κ2) is 3.10. The van der Waals surface area contributed by atoms with E-state index in [1.165, 1.54) is 11.3 Å². The van der Waals surface area contributed by atoms with Gasteiger partial charge in [0.05, 0.1) is 0 Å². The van der Waals surface area contributed by atoms with Gasteiger partial charge in [-0.1, -0.05) is 18.2 Å². The number of para-hydroxylation sites is 1. The molecule has 0 bridgehead atoms. The molecular formula is C14H12N4. The molecule has 0 spiro atoms. The Hall–Kier alpha value is -2.36. The molecule has 4 heteroatoms. The fourth-order valence-corrected chi connectivity index (χ4v) is 2.47. The fraction of sp³-hybridized carbons (Fsp3) is 0.143. The summed E-state index contributed by atoms with van der Waals surface area (Å²) >= 11 is 0. The summed E-state index contributed by atoms with van der Waals surface area (Å²) in [5.41, 5.74) is 5.48. The molecule has 1 aromatic carbocycles. The lowest BCUT2D eigenvalue weighted by atomic mass is 10.2. The third kappa shape index (κ3) is 1.05. The standard InChI is InChI=1S/C14H12N4/c1-8-7-15-14-17-12-10-5-3-4-6-11(10)16-13(12)18(14)9(8)2/h3-7,16H,1-2H3. The number of hydrogen-bond acceptors (Lipinski definition) is 2. The molecule has 0 unspecified atom stereocenters. The number of nitrogens with one attached hydrogen (secondary N) is 1. The van der Waals surface area contributed by atoms with Crippen molar-refractivity contribution < 1.29 is 0 Å². The normalized spacial score (nSPS) is 11.9. The van der Waals surface area contributed by atoms with Crippen LogP contribution < -0.4 is 0 Å². The van der Waals surface area contributed by atoms with Crippen molar-refractivity contribution >= 4 is 27.8 Å². The van der Waals surface area contributed by atoms with Crippen molar-refractivity contribution in [3.63, 3.8) is 0 Å². The number of rotatable bonds is 0. The van der Waals surface area contributed by atoms with E-state index in [-0.39, 0.29) is 0 Å². The predicted molar refractivity (Wildman–Crippen MR) is 71.8 cm³/mol. The number of H-pyrrole nitrogens is 1. The molecule has 0 saturated carbocycles. The van der Waals surface area contributed by atoms with E-state index < -0.39 is 0 Å². The monoisotopic (exact) mass is 236 g/mol. The van der Waals surface area contributed by atoms with Crippen LogP contribution in [0.2, 0.25) is 0 Å². The molecular weight excluding hydrogens is 224 g/mol. The number of benzene rings is 1. The minimum absolute atomic E-state index is 0.755. The van der Waals surface area contributed by atoms with Gasteiger partial charge in [-0.05, 0) is 25.5 Å². The number of hydrogen-bond donors (Lipinski definition) is 1. The van der Waals surface area contributed by atoms with Crippen LogP contribution in [0.1, 0.15) is 11.3 Å². The van der Waals surface area contributed by atoms with Crippen molar-refractivity contribution in [1.82, 2.24) is 19.4 Å². The molecule has 0 amide bonds. The van der Waals surface area contributed by atoms with Gasteiger partial charge in [0.15, 0.2) is 0 Å². The summed E-state index contributed by atoms with van der Waals surface area (Å²) < 4.78 is 2.09. The summed E-state index contributed by atoms with van der Waals surface area (Å²) in [5, 5.41) is 1.15. The summed E-state index contributed by atoms with van der Waals surface area (Å²) in [6.45, 7) is 4.16. The SMILES string of the molecule is Cc1cnc2nc3c4ccccc4[nH]c3n2c1C. The summed E-state index contributed by atoms with van der Waals surface area (Å²) in [6.07, 6.45) is 1.87. The number of aromatic nitrogens is 4. The van der Waals surface area contributed by atoms with E-state index in [2.05, 4.69) is 45.3 Å². The second-order valence-electron chi connectivity index (χ2n) is 4.64. The minimum Gasteiger partial charge on any atom is -0.339 e. The van der Waals surface area contributed by atoms with Crippen LogP contribution in [0.5, 0.6) is 0 Å². The molecule has 4 rings (SSSR count). The summed E-state index contributed by atoms with van der Waals surface area (Å²) in [7, 11) is 0. The van der Waals surface area contributed by atoms with Crippen molar-refractivity contribution in [2.45, 2.75) is 13.8 Å². The largest absolute Gasteiger partial charge is 0.339 e. The number of imidazole rings is 1. The average Bonchev–Trinajstić information content (AvgIpc) is 2.89. The molecule has 18 heavy (non-hydrogen) atoms. The van der Waals surface area contributed by atoms with E-state index in [1.807, 2.05) is 18.3 Å². The van der Waals surface area contributed by atoms with E-state index >= 15 is 0 Å². The zero-order valence-corrected chi connectivity index (χ0v) is 10.2. The Bertz CT molecular complexity index is 898. The molecule has 3 aromatic heterocycles. The van der Waals surface area contributed by atoms with E-state index in [0.29, 0.717) is 0 Å². The predicted octanol–water partition coefficient (Wildman–Crippen LogP) is 2.98. The first-order valence-corrected chi connectivity index (χ1v) is 5.97. The van der Waals surface area contributed by atoms with E-state index in [4.69, 9.17) is 0 Å². The number of aryl methyl sites for hydroxylation is 2. The molecule has 0 atom stereocenters. The third-order valence-electron chi connectivity index (χ3n) is 3.57. The lowest BCUT2D eigenvalue weighted by Crippen LogP contribution is -1.97. The number of fused-ring (bicyclic) bond motifs is 5. The molecule has 0 aliphatic carbocycles. The van der Waals surface area contributed by atoms with Crippen molar-refractivity contribution in [2.24, 2.45) is 0 Å². The third-order valence-corrected chi connectivity index (χ3v) is 3.57. The maximum Gasteiger partial charge on any atom is 0.236 e. The highest BCUT2D eigenvalue weighted by Gasteiger charge is 2.13. The highest BCUT2D eigenvalue weighted by molar-refractivity contribution is 6.05. The van der Waals surface area contributed by atoms with Gasteiger partial charge in [0.25, 0.3) is 0 Å². The van der Waals surface area contributed by atoms with Crippen LogP contribution in [-0.4, -0.2) is 19.4 Å². The summed E-state index contributed by atoms with van der Waals surface area (Å²) in [4.78, 5) is 12.4. The van der Waals surface area contributed by atoms with Gasteiger partial charge in [-0.25, -0.2) is 9.97 Å². The number of aromatic amines is 1. The first-order chi connectivity index (χ1) is 8.75. The van der Waals surface area contributed by atoms with Crippen molar-refractivity contribution in [2.75, 3.05) is 0 Å². The maximum absolute atomic E-state index is 4.63. The van der Waals surface area contributed by atoms with Crippen molar-refractivity contribution in [3.05, 3.63) is 41.7 Å². The Morgan fingerprint density at radius 1 is 1.17 bits per heavy atom. The molecule has 0 saturated heterocycles. The molecule has 3 heterocycles. The van der Waals surface area contributed by atoms with Crippen LogP contribution >= 0.6 is 0 Å². The lowest BCUT2D eigenvalue weighted by molar-refractivity contribution is 1.02.